The van der Waals surface area contributed by atoms with Crippen LogP contribution in [0.3, 0.4) is 0 Å². The van der Waals surface area contributed by atoms with Gasteiger partial charge in [0.15, 0.2) is 0 Å². The zero-order chi connectivity index (χ0) is 17.1. The van der Waals surface area contributed by atoms with Crippen molar-refractivity contribution in [1.29, 1.82) is 0 Å². The van der Waals surface area contributed by atoms with E-state index in [4.69, 9.17) is 20.9 Å². The monoisotopic (exact) mass is 328 g/mol. The number of rotatable bonds is 6. The van der Waals surface area contributed by atoms with E-state index in [1.807, 2.05) is 24.4 Å². The molecule has 0 unspecified atom stereocenters. The first-order valence-corrected chi connectivity index (χ1v) is 7.43. The minimum Gasteiger partial charge on any atom is -0.497 e. The van der Waals surface area contributed by atoms with Gasteiger partial charge in [0.05, 0.1) is 19.6 Å². The third kappa shape index (κ3) is 3.04. The van der Waals surface area contributed by atoms with Crippen LogP contribution in [0.1, 0.15) is 11.1 Å². The topological polar surface area (TPSA) is 124 Å². The molecule has 0 fully saturated rings. The van der Waals surface area contributed by atoms with Gasteiger partial charge in [-0.3, -0.25) is 0 Å². The third-order valence-corrected chi connectivity index (χ3v) is 3.78. The Morgan fingerprint density at radius 1 is 1.08 bits per heavy atom. The molecule has 0 bridgehead atoms. The number of fused-ring (bicyclic) bond motifs is 1. The molecule has 6 N–H and O–H groups in total. The fourth-order valence-electron chi connectivity index (χ4n) is 2.64. The van der Waals surface area contributed by atoms with Gasteiger partial charge in [0, 0.05) is 24.8 Å². The Balaban J connectivity index is 1.75. The van der Waals surface area contributed by atoms with E-state index in [1.54, 1.807) is 14.2 Å². The maximum absolute atomic E-state index is 5.95. The SMILES string of the molecule is COc1ccc(OC)c(CNCc2c[nH]c3nc(N)nc(N)c23)c1. The summed E-state index contributed by atoms with van der Waals surface area (Å²) in [5, 5.41) is 4.15. The molecule has 0 amide bonds. The Kier molecular flexibility index (Phi) is 4.39. The van der Waals surface area contributed by atoms with Crippen LogP contribution in [0, 0.1) is 0 Å². The number of ether oxygens (including phenoxy) is 2. The highest BCUT2D eigenvalue weighted by atomic mass is 16.5. The Morgan fingerprint density at radius 2 is 1.88 bits per heavy atom. The van der Waals surface area contributed by atoms with E-state index in [2.05, 4.69) is 20.3 Å². The Morgan fingerprint density at radius 3 is 2.62 bits per heavy atom. The number of hydrogen-bond donors (Lipinski definition) is 4. The number of aromatic nitrogens is 3. The molecule has 24 heavy (non-hydrogen) atoms. The van der Waals surface area contributed by atoms with Crippen LogP contribution >= 0.6 is 0 Å². The summed E-state index contributed by atoms with van der Waals surface area (Å²) in [5.41, 5.74) is 14.2. The molecular weight excluding hydrogens is 308 g/mol. The molecule has 0 aliphatic heterocycles. The van der Waals surface area contributed by atoms with Gasteiger partial charge in [0.25, 0.3) is 0 Å². The molecule has 2 heterocycles. The number of nitrogens with two attached hydrogens (primary N) is 2. The van der Waals surface area contributed by atoms with Gasteiger partial charge >= 0.3 is 0 Å². The number of anilines is 2. The van der Waals surface area contributed by atoms with E-state index >= 15 is 0 Å². The summed E-state index contributed by atoms with van der Waals surface area (Å²) in [6, 6.07) is 5.69. The molecule has 2 aromatic heterocycles. The molecule has 0 radical (unpaired) electrons. The lowest BCUT2D eigenvalue weighted by Gasteiger charge is -2.11. The van der Waals surface area contributed by atoms with Crippen molar-refractivity contribution in [2.45, 2.75) is 13.1 Å². The van der Waals surface area contributed by atoms with Crippen LogP contribution in [0.5, 0.6) is 11.5 Å². The quantitative estimate of drug-likeness (QED) is 0.539. The van der Waals surface area contributed by atoms with Crippen molar-refractivity contribution in [3.05, 3.63) is 35.5 Å². The van der Waals surface area contributed by atoms with Crippen molar-refractivity contribution in [1.82, 2.24) is 20.3 Å². The van der Waals surface area contributed by atoms with Gasteiger partial charge in [-0.15, -0.1) is 0 Å². The van der Waals surface area contributed by atoms with Crippen LogP contribution in [0.15, 0.2) is 24.4 Å². The van der Waals surface area contributed by atoms with Crippen molar-refractivity contribution in [2.24, 2.45) is 0 Å². The number of benzene rings is 1. The first kappa shape index (κ1) is 15.9. The van der Waals surface area contributed by atoms with E-state index in [9.17, 15) is 0 Å². The molecular formula is C16H20N6O2. The maximum Gasteiger partial charge on any atom is 0.223 e. The normalized spacial score (nSPS) is 10.9. The summed E-state index contributed by atoms with van der Waals surface area (Å²) in [5.74, 6) is 2.11. The minimum atomic E-state index is 0.155. The van der Waals surface area contributed by atoms with Crippen LogP contribution in [-0.4, -0.2) is 29.2 Å². The van der Waals surface area contributed by atoms with E-state index < -0.39 is 0 Å². The van der Waals surface area contributed by atoms with Crippen molar-refractivity contribution >= 4 is 22.8 Å². The highest BCUT2D eigenvalue weighted by Gasteiger charge is 2.11. The Hall–Kier alpha value is -3.00. The average Bonchev–Trinajstić information content (AvgIpc) is 2.97. The fraction of sp³-hybridized carbons (Fsp3) is 0.250. The Labute approximate surface area is 139 Å². The van der Waals surface area contributed by atoms with Crippen molar-refractivity contribution in [3.63, 3.8) is 0 Å². The zero-order valence-corrected chi connectivity index (χ0v) is 13.6. The number of H-pyrrole nitrogens is 1. The lowest BCUT2D eigenvalue weighted by atomic mass is 10.1. The lowest BCUT2D eigenvalue weighted by molar-refractivity contribution is 0.397. The molecule has 0 aliphatic carbocycles. The van der Waals surface area contributed by atoms with E-state index in [-0.39, 0.29) is 5.95 Å². The van der Waals surface area contributed by atoms with Gasteiger partial charge in [-0.05, 0) is 23.8 Å². The molecule has 3 rings (SSSR count). The van der Waals surface area contributed by atoms with Crippen molar-refractivity contribution < 1.29 is 9.47 Å². The predicted octanol–water partition coefficient (Wildman–Crippen LogP) is 1.43. The number of aromatic amines is 1. The van der Waals surface area contributed by atoms with Gasteiger partial charge in [-0.2, -0.15) is 9.97 Å². The zero-order valence-electron chi connectivity index (χ0n) is 13.6. The molecule has 0 saturated carbocycles. The third-order valence-electron chi connectivity index (χ3n) is 3.78. The molecule has 3 aromatic rings. The highest BCUT2D eigenvalue weighted by molar-refractivity contribution is 5.90. The maximum atomic E-state index is 5.95. The molecule has 8 nitrogen and oxygen atoms in total. The average molecular weight is 328 g/mol. The number of nitrogens with zero attached hydrogens (tertiary/aromatic N) is 2. The van der Waals surface area contributed by atoms with Crippen molar-refractivity contribution in [2.75, 3.05) is 25.7 Å². The predicted molar refractivity (Wildman–Crippen MR) is 92.8 cm³/mol. The molecule has 8 heteroatoms. The van der Waals surface area contributed by atoms with Crippen molar-refractivity contribution in [3.8, 4) is 11.5 Å². The van der Waals surface area contributed by atoms with Crippen LogP contribution in [0.4, 0.5) is 11.8 Å². The van der Waals surface area contributed by atoms with Gasteiger partial charge in [0.1, 0.15) is 23.0 Å². The highest BCUT2D eigenvalue weighted by Crippen LogP contribution is 2.25. The summed E-state index contributed by atoms with van der Waals surface area (Å²) in [4.78, 5) is 11.2. The van der Waals surface area contributed by atoms with E-state index in [1.165, 1.54) is 0 Å². The molecule has 0 atom stereocenters. The summed E-state index contributed by atoms with van der Waals surface area (Å²) < 4.78 is 10.6. The fourth-order valence-corrected chi connectivity index (χ4v) is 2.64. The summed E-state index contributed by atoms with van der Waals surface area (Å²) in [6.45, 7) is 1.21. The lowest BCUT2D eigenvalue weighted by Crippen LogP contribution is -2.13. The van der Waals surface area contributed by atoms with Gasteiger partial charge < -0.3 is 31.2 Å². The second-order valence-corrected chi connectivity index (χ2v) is 5.29. The largest absolute Gasteiger partial charge is 0.497 e. The second kappa shape index (κ2) is 6.63. The summed E-state index contributed by atoms with van der Waals surface area (Å²) in [6.07, 6.45) is 1.85. The molecule has 1 aromatic carbocycles. The number of nitrogen functional groups attached to an aromatic ring is 2. The Bertz CT molecular complexity index is 861. The van der Waals surface area contributed by atoms with Crippen LogP contribution in [-0.2, 0) is 13.1 Å². The first-order chi connectivity index (χ1) is 11.6. The number of nitrogens with one attached hydrogen (secondary N) is 2. The van der Waals surface area contributed by atoms with Gasteiger partial charge in [0.2, 0.25) is 5.95 Å². The van der Waals surface area contributed by atoms with Crippen LogP contribution < -0.4 is 26.3 Å². The van der Waals surface area contributed by atoms with Gasteiger partial charge in [-0.25, -0.2) is 0 Å². The summed E-state index contributed by atoms with van der Waals surface area (Å²) in [7, 11) is 3.28. The second-order valence-electron chi connectivity index (χ2n) is 5.29. The van der Waals surface area contributed by atoms with E-state index in [0.29, 0.717) is 24.6 Å². The molecule has 0 saturated heterocycles. The number of methoxy groups -OCH3 is 2. The standard InChI is InChI=1S/C16H20N6O2/c1-23-11-3-4-12(24-2)9(5-11)6-19-7-10-8-20-15-13(10)14(17)21-16(18)22-15/h3-5,8,19H,6-7H2,1-2H3,(H5,17,18,20,21,22). The summed E-state index contributed by atoms with van der Waals surface area (Å²) >= 11 is 0. The van der Waals surface area contributed by atoms with Gasteiger partial charge in [-0.1, -0.05) is 0 Å². The molecule has 0 spiro atoms. The van der Waals surface area contributed by atoms with E-state index in [0.717, 1.165) is 28.0 Å². The smallest absolute Gasteiger partial charge is 0.223 e. The first-order valence-electron chi connectivity index (χ1n) is 7.43. The van der Waals surface area contributed by atoms with Crippen LogP contribution in [0.25, 0.3) is 11.0 Å². The minimum absolute atomic E-state index is 0.155. The molecule has 0 aliphatic rings. The van der Waals surface area contributed by atoms with Crippen LogP contribution in [0.2, 0.25) is 0 Å². The number of hydrogen-bond acceptors (Lipinski definition) is 7. The molecule has 126 valence electrons.